The van der Waals surface area contributed by atoms with E-state index in [1.54, 1.807) is 19.2 Å². The van der Waals surface area contributed by atoms with Crippen molar-refractivity contribution in [3.8, 4) is 11.5 Å². The van der Waals surface area contributed by atoms with Crippen molar-refractivity contribution in [2.75, 3.05) is 46.9 Å². The van der Waals surface area contributed by atoms with E-state index in [-0.39, 0.29) is 12.5 Å². The molecule has 4 rings (SSSR count). The molecule has 0 aliphatic carbocycles. The van der Waals surface area contributed by atoms with E-state index < -0.39 is 0 Å². The monoisotopic (exact) mass is 463 g/mol. The molecule has 1 aliphatic heterocycles. The van der Waals surface area contributed by atoms with Gasteiger partial charge in [0.25, 0.3) is 5.91 Å². The number of nitrogens with one attached hydrogen (secondary N) is 1. The average Bonchev–Trinajstić information content (AvgIpc) is 3.36. The zero-order valence-corrected chi connectivity index (χ0v) is 19.9. The fraction of sp³-hybridized carbons (Fsp3) is 0.370. The molecule has 1 atom stereocenters. The van der Waals surface area contributed by atoms with Crippen LogP contribution in [0.4, 0.5) is 0 Å². The lowest BCUT2D eigenvalue weighted by molar-refractivity contribution is 0.0856. The molecule has 7 heteroatoms. The molecule has 1 unspecified atom stereocenters. The first-order valence-corrected chi connectivity index (χ1v) is 11.7. The predicted molar refractivity (Wildman–Crippen MR) is 131 cm³/mol. The summed E-state index contributed by atoms with van der Waals surface area (Å²) in [6, 6.07) is 21.9. The molecule has 1 fully saturated rings. The summed E-state index contributed by atoms with van der Waals surface area (Å²) in [6.07, 6.45) is 0.878. The third-order valence-corrected chi connectivity index (χ3v) is 6.11. The van der Waals surface area contributed by atoms with Gasteiger partial charge in [0.05, 0.1) is 7.11 Å². The van der Waals surface area contributed by atoms with Gasteiger partial charge in [-0.25, -0.2) is 0 Å². The Morgan fingerprint density at radius 1 is 1.03 bits per heavy atom. The molecule has 0 radical (unpaired) electrons. The van der Waals surface area contributed by atoms with Crippen molar-refractivity contribution >= 4 is 5.91 Å². The Morgan fingerprint density at radius 2 is 1.79 bits per heavy atom. The summed E-state index contributed by atoms with van der Waals surface area (Å²) in [6.45, 7) is 4.85. The molecule has 0 spiro atoms. The number of methoxy groups -OCH3 is 1. The zero-order chi connectivity index (χ0) is 23.8. The van der Waals surface area contributed by atoms with E-state index in [0.717, 1.165) is 32.6 Å². The largest absolute Gasteiger partial charge is 0.493 e. The molecule has 7 nitrogen and oxygen atoms in total. The third-order valence-electron chi connectivity index (χ3n) is 6.11. The zero-order valence-electron chi connectivity index (χ0n) is 19.9. The summed E-state index contributed by atoms with van der Waals surface area (Å²) >= 11 is 0. The van der Waals surface area contributed by atoms with Crippen molar-refractivity contribution in [3.63, 3.8) is 0 Å². The first-order chi connectivity index (χ1) is 16.6. The van der Waals surface area contributed by atoms with Crippen LogP contribution < -0.4 is 14.8 Å². The maximum absolute atomic E-state index is 12.5. The van der Waals surface area contributed by atoms with Crippen LogP contribution in [0.3, 0.4) is 0 Å². The lowest BCUT2D eigenvalue weighted by Gasteiger charge is -2.40. The van der Waals surface area contributed by atoms with Gasteiger partial charge in [-0.1, -0.05) is 42.5 Å². The number of carbonyl (C=O) groups is 1. The van der Waals surface area contributed by atoms with Gasteiger partial charge in [-0.3, -0.25) is 9.69 Å². The number of nitrogens with zero attached hydrogens (tertiary/aromatic N) is 2. The lowest BCUT2D eigenvalue weighted by atomic mass is 10.0. The number of ether oxygens (including phenoxy) is 2. The highest BCUT2D eigenvalue weighted by Crippen LogP contribution is 2.27. The van der Waals surface area contributed by atoms with Crippen LogP contribution in [0.1, 0.15) is 34.3 Å². The molecular formula is C27H33N3O4. The number of para-hydroxylation sites is 2. The Hall–Kier alpha value is -3.29. The number of piperazine rings is 1. The average molecular weight is 464 g/mol. The minimum atomic E-state index is -0.207. The summed E-state index contributed by atoms with van der Waals surface area (Å²) in [5.41, 5.74) is 1.34. The van der Waals surface area contributed by atoms with Crippen molar-refractivity contribution < 1.29 is 18.7 Å². The van der Waals surface area contributed by atoms with E-state index in [9.17, 15) is 4.79 Å². The van der Waals surface area contributed by atoms with E-state index in [2.05, 4.69) is 52.5 Å². The van der Waals surface area contributed by atoms with Crippen LogP contribution >= 0.6 is 0 Å². The second-order valence-electron chi connectivity index (χ2n) is 8.54. The number of hydrogen-bond donors (Lipinski definition) is 1. The third kappa shape index (κ3) is 6.18. The Morgan fingerprint density at radius 3 is 2.59 bits per heavy atom. The molecule has 2 aromatic carbocycles. The number of carbonyl (C=O) groups excluding carboxylic acids is 1. The van der Waals surface area contributed by atoms with Crippen LogP contribution in [0.2, 0.25) is 0 Å². The molecule has 1 aliphatic rings. The molecule has 0 saturated carbocycles. The number of hydrogen-bond acceptors (Lipinski definition) is 6. The smallest absolute Gasteiger partial charge is 0.286 e. The molecule has 34 heavy (non-hydrogen) atoms. The SMILES string of the molecule is COc1ccccc1OCc1ccc(C(=O)NCCCN2CCN(C)CC2c2ccccc2)o1. The van der Waals surface area contributed by atoms with Gasteiger partial charge in [-0.15, -0.1) is 0 Å². The van der Waals surface area contributed by atoms with Crippen LogP contribution in [0.25, 0.3) is 0 Å². The minimum absolute atomic E-state index is 0.207. The number of likely N-dealkylation sites (N-methyl/N-ethyl adjacent to an activating group) is 1. The number of rotatable bonds is 10. The van der Waals surface area contributed by atoms with Gasteiger partial charge in [-0.05, 0) is 43.3 Å². The standard InChI is InChI=1S/C27H33N3O4/c1-29-17-18-30(23(19-29)21-9-4-3-5-10-21)16-8-15-28-27(31)26-14-13-22(34-26)20-33-25-12-7-6-11-24(25)32-2/h3-7,9-14,23H,8,15-20H2,1-2H3,(H,28,31). The maximum atomic E-state index is 12.5. The van der Waals surface area contributed by atoms with Crippen LogP contribution in [0.5, 0.6) is 11.5 Å². The molecule has 1 aromatic heterocycles. The maximum Gasteiger partial charge on any atom is 0.286 e. The van der Waals surface area contributed by atoms with Gasteiger partial charge >= 0.3 is 0 Å². The first-order valence-electron chi connectivity index (χ1n) is 11.7. The van der Waals surface area contributed by atoms with Crippen molar-refractivity contribution in [1.29, 1.82) is 0 Å². The van der Waals surface area contributed by atoms with E-state index >= 15 is 0 Å². The topological polar surface area (TPSA) is 67.2 Å². The summed E-state index contributed by atoms with van der Waals surface area (Å²) in [5.74, 6) is 1.95. The van der Waals surface area contributed by atoms with Crippen molar-refractivity contribution in [2.45, 2.75) is 19.1 Å². The Bertz CT molecular complexity index is 1050. The van der Waals surface area contributed by atoms with Crippen molar-refractivity contribution in [1.82, 2.24) is 15.1 Å². The molecule has 1 saturated heterocycles. The van der Waals surface area contributed by atoms with E-state index in [1.807, 2.05) is 24.3 Å². The molecule has 3 aromatic rings. The van der Waals surface area contributed by atoms with E-state index in [4.69, 9.17) is 13.9 Å². The van der Waals surface area contributed by atoms with Crippen LogP contribution in [0, 0.1) is 0 Å². The van der Waals surface area contributed by atoms with Crippen LogP contribution in [-0.2, 0) is 6.61 Å². The van der Waals surface area contributed by atoms with Gasteiger partial charge in [0.15, 0.2) is 17.3 Å². The van der Waals surface area contributed by atoms with Gasteiger partial charge < -0.3 is 24.1 Å². The Kier molecular flexibility index (Phi) is 8.22. The van der Waals surface area contributed by atoms with Crippen molar-refractivity contribution in [3.05, 3.63) is 83.8 Å². The second-order valence-corrected chi connectivity index (χ2v) is 8.54. The van der Waals surface area contributed by atoms with Gasteiger partial charge in [0.2, 0.25) is 0 Å². The highest BCUT2D eigenvalue weighted by molar-refractivity contribution is 5.91. The molecule has 2 heterocycles. The highest BCUT2D eigenvalue weighted by Gasteiger charge is 2.26. The van der Waals surface area contributed by atoms with Gasteiger partial charge in [-0.2, -0.15) is 0 Å². The molecular weight excluding hydrogens is 430 g/mol. The Balaban J connectivity index is 1.23. The van der Waals surface area contributed by atoms with Crippen LogP contribution in [0.15, 0.2) is 71.1 Å². The molecule has 0 bridgehead atoms. The minimum Gasteiger partial charge on any atom is -0.493 e. The second kappa shape index (κ2) is 11.7. The highest BCUT2D eigenvalue weighted by atomic mass is 16.5. The fourth-order valence-corrected chi connectivity index (χ4v) is 4.25. The number of furan rings is 1. The molecule has 180 valence electrons. The fourth-order valence-electron chi connectivity index (χ4n) is 4.25. The Labute approximate surface area is 201 Å². The van der Waals surface area contributed by atoms with E-state index in [1.165, 1.54) is 5.56 Å². The normalized spacial score (nSPS) is 16.8. The summed E-state index contributed by atoms with van der Waals surface area (Å²) < 4.78 is 16.7. The van der Waals surface area contributed by atoms with Gasteiger partial charge in [0, 0.05) is 38.8 Å². The lowest BCUT2D eigenvalue weighted by Crippen LogP contribution is -2.47. The predicted octanol–water partition coefficient (Wildman–Crippen LogP) is 3.98. The quantitative estimate of drug-likeness (QED) is 0.459. The van der Waals surface area contributed by atoms with E-state index in [0.29, 0.717) is 35.6 Å². The first kappa shape index (κ1) is 23.9. The van der Waals surface area contributed by atoms with Crippen LogP contribution in [-0.4, -0.2) is 62.6 Å². The summed E-state index contributed by atoms with van der Waals surface area (Å²) in [4.78, 5) is 17.4. The number of amides is 1. The molecule has 1 amide bonds. The molecule has 1 N–H and O–H groups in total. The summed E-state index contributed by atoms with van der Waals surface area (Å²) in [7, 11) is 3.77. The van der Waals surface area contributed by atoms with Gasteiger partial charge in [0.1, 0.15) is 12.4 Å². The van der Waals surface area contributed by atoms with Crippen molar-refractivity contribution in [2.24, 2.45) is 0 Å². The summed E-state index contributed by atoms with van der Waals surface area (Å²) in [5, 5.41) is 2.98. The number of benzene rings is 2.